The van der Waals surface area contributed by atoms with E-state index in [1.807, 2.05) is 0 Å². The standard InChI is InChI=1S/C15H30N2/c1-4-7-16-15-8-14(12(2)3)10-17(11-15)9-13-5-6-13/h12-16H,4-11H2,1-3H3. The summed E-state index contributed by atoms with van der Waals surface area (Å²) < 4.78 is 0. The molecule has 1 aliphatic heterocycles. The van der Waals surface area contributed by atoms with Crippen molar-refractivity contribution in [2.75, 3.05) is 26.2 Å². The van der Waals surface area contributed by atoms with Crippen LogP contribution in [0.25, 0.3) is 0 Å². The molecule has 0 radical (unpaired) electrons. The quantitative estimate of drug-likeness (QED) is 0.765. The molecule has 0 aromatic heterocycles. The molecular weight excluding hydrogens is 208 g/mol. The zero-order chi connectivity index (χ0) is 12.3. The van der Waals surface area contributed by atoms with Crippen LogP contribution < -0.4 is 5.32 Å². The first kappa shape index (κ1) is 13.4. The van der Waals surface area contributed by atoms with Crippen LogP contribution in [-0.4, -0.2) is 37.1 Å². The fraction of sp³-hybridized carbons (Fsp3) is 1.00. The van der Waals surface area contributed by atoms with Crippen LogP contribution >= 0.6 is 0 Å². The van der Waals surface area contributed by atoms with Gasteiger partial charge < -0.3 is 10.2 Å². The highest BCUT2D eigenvalue weighted by Gasteiger charge is 2.32. The third-order valence-corrected chi connectivity index (χ3v) is 4.40. The second-order valence-corrected chi connectivity index (χ2v) is 6.55. The molecule has 100 valence electrons. The molecule has 2 heteroatoms. The van der Waals surface area contributed by atoms with E-state index in [9.17, 15) is 0 Å². The summed E-state index contributed by atoms with van der Waals surface area (Å²) in [5.74, 6) is 2.77. The minimum absolute atomic E-state index is 0.745. The van der Waals surface area contributed by atoms with Crippen molar-refractivity contribution >= 4 is 0 Å². The van der Waals surface area contributed by atoms with E-state index in [4.69, 9.17) is 0 Å². The second kappa shape index (κ2) is 6.19. The van der Waals surface area contributed by atoms with Gasteiger partial charge in [-0.25, -0.2) is 0 Å². The SMILES string of the molecule is CCCNC1CC(C(C)C)CN(CC2CC2)C1. The maximum atomic E-state index is 3.74. The Balaban J connectivity index is 1.84. The molecule has 2 rings (SSSR count). The lowest BCUT2D eigenvalue weighted by molar-refractivity contribution is 0.112. The molecule has 17 heavy (non-hydrogen) atoms. The number of nitrogens with one attached hydrogen (secondary N) is 1. The van der Waals surface area contributed by atoms with Gasteiger partial charge in [0.15, 0.2) is 0 Å². The first-order valence-corrected chi connectivity index (χ1v) is 7.64. The van der Waals surface area contributed by atoms with Crippen molar-refractivity contribution in [2.24, 2.45) is 17.8 Å². The van der Waals surface area contributed by atoms with E-state index in [1.165, 1.54) is 51.9 Å². The van der Waals surface area contributed by atoms with Gasteiger partial charge in [-0.3, -0.25) is 0 Å². The number of rotatable bonds is 6. The molecular formula is C15H30N2. The molecule has 1 aliphatic carbocycles. The van der Waals surface area contributed by atoms with Gasteiger partial charge in [-0.15, -0.1) is 0 Å². The van der Waals surface area contributed by atoms with Gasteiger partial charge in [0, 0.05) is 25.7 Å². The van der Waals surface area contributed by atoms with Crippen molar-refractivity contribution in [2.45, 2.75) is 52.5 Å². The van der Waals surface area contributed by atoms with Crippen LogP contribution in [0.4, 0.5) is 0 Å². The normalized spacial score (nSPS) is 31.1. The van der Waals surface area contributed by atoms with Gasteiger partial charge >= 0.3 is 0 Å². The minimum Gasteiger partial charge on any atom is -0.313 e. The van der Waals surface area contributed by atoms with Gasteiger partial charge in [-0.1, -0.05) is 20.8 Å². The number of likely N-dealkylation sites (tertiary alicyclic amines) is 1. The lowest BCUT2D eigenvalue weighted by atomic mass is 9.85. The van der Waals surface area contributed by atoms with Crippen LogP contribution in [0.3, 0.4) is 0 Å². The second-order valence-electron chi connectivity index (χ2n) is 6.55. The predicted molar refractivity (Wildman–Crippen MR) is 74.2 cm³/mol. The third kappa shape index (κ3) is 4.26. The van der Waals surface area contributed by atoms with E-state index in [-0.39, 0.29) is 0 Å². The van der Waals surface area contributed by atoms with Crippen molar-refractivity contribution in [1.82, 2.24) is 10.2 Å². The van der Waals surface area contributed by atoms with E-state index < -0.39 is 0 Å². The molecule has 0 aromatic carbocycles. The summed E-state index contributed by atoms with van der Waals surface area (Å²) in [6.45, 7) is 12.2. The topological polar surface area (TPSA) is 15.3 Å². The fourth-order valence-electron chi connectivity index (χ4n) is 3.03. The van der Waals surface area contributed by atoms with E-state index >= 15 is 0 Å². The van der Waals surface area contributed by atoms with Crippen molar-refractivity contribution in [1.29, 1.82) is 0 Å². The first-order chi connectivity index (χ1) is 8.19. The van der Waals surface area contributed by atoms with Gasteiger partial charge in [0.2, 0.25) is 0 Å². The van der Waals surface area contributed by atoms with Gasteiger partial charge in [0.05, 0.1) is 0 Å². The Labute approximate surface area is 107 Å². The van der Waals surface area contributed by atoms with Crippen molar-refractivity contribution in [3.05, 3.63) is 0 Å². The van der Waals surface area contributed by atoms with Crippen LogP contribution in [0, 0.1) is 17.8 Å². The summed E-state index contributed by atoms with van der Waals surface area (Å²) in [7, 11) is 0. The molecule has 1 N–H and O–H groups in total. The van der Waals surface area contributed by atoms with Gasteiger partial charge in [-0.05, 0) is 50.0 Å². The number of hydrogen-bond acceptors (Lipinski definition) is 2. The summed E-state index contributed by atoms with van der Waals surface area (Å²) in [5.41, 5.74) is 0. The average Bonchev–Trinajstić information content (AvgIpc) is 3.10. The lowest BCUT2D eigenvalue weighted by Gasteiger charge is -2.40. The van der Waals surface area contributed by atoms with E-state index in [2.05, 4.69) is 31.0 Å². The monoisotopic (exact) mass is 238 g/mol. The van der Waals surface area contributed by atoms with E-state index in [1.54, 1.807) is 0 Å². The Kier molecular flexibility index (Phi) is 4.87. The molecule has 1 saturated heterocycles. The molecule has 0 amide bonds. The summed E-state index contributed by atoms with van der Waals surface area (Å²) in [6.07, 6.45) is 5.61. The number of hydrogen-bond donors (Lipinski definition) is 1. The van der Waals surface area contributed by atoms with Crippen LogP contribution in [0.5, 0.6) is 0 Å². The fourth-order valence-corrected chi connectivity index (χ4v) is 3.03. The smallest absolute Gasteiger partial charge is 0.0198 e. The van der Waals surface area contributed by atoms with Gasteiger partial charge in [0.1, 0.15) is 0 Å². The molecule has 0 spiro atoms. The highest BCUT2D eigenvalue weighted by molar-refractivity contribution is 4.87. The van der Waals surface area contributed by atoms with Crippen molar-refractivity contribution in [3.8, 4) is 0 Å². The number of nitrogens with zero attached hydrogens (tertiary/aromatic N) is 1. The average molecular weight is 238 g/mol. The van der Waals surface area contributed by atoms with Gasteiger partial charge in [-0.2, -0.15) is 0 Å². The summed E-state index contributed by atoms with van der Waals surface area (Å²) in [6, 6.07) is 0.745. The molecule has 1 heterocycles. The Hall–Kier alpha value is -0.0800. The molecule has 2 aliphatic rings. The lowest BCUT2D eigenvalue weighted by Crippen LogP contribution is -2.50. The summed E-state index contributed by atoms with van der Waals surface area (Å²) in [5, 5.41) is 3.74. The summed E-state index contributed by atoms with van der Waals surface area (Å²) >= 11 is 0. The molecule has 2 unspecified atom stereocenters. The summed E-state index contributed by atoms with van der Waals surface area (Å²) in [4.78, 5) is 2.74. The molecule has 0 bridgehead atoms. The highest BCUT2D eigenvalue weighted by atomic mass is 15.2. The third-order valence-electron chi connectivity index (χ3n) is 4.40. The Morgan fingerprint density at radius 1 is 1.24 bits per heavy atom. The van der Waals surface area contributed by atoms with Crippen molar-refractivity contribution < 1.29 is 0 Å². The maximum absolute atomic E-state index is 3.74. The molecule has 0 aromatic rings. The maximum Gasteiger partial charge on any atom is 0.0198 e. The Morgan fingerprint density at radius 3 is 2.59 bits per heavy atom. The van der Waals surface area contributed by atoms with Crippen molar-refractivity contribution in [3.63, 3.8) is 0 Å². The highest BCUT2D eigenvalue weighted by Crippen LogP contribution is 2.32. The number of piperidine rings is 1. The van der Waals surface area contributed by atoms with Gasteiger partial charge in [0.25, 0.3) is 0 Å². The predicted octanol–water partition coefficient (Wildman–Crippen LogP) is 2.74. The minimum atomic E-state index is 0.745. The van der Waals surface area contributed by atoms with Crippen LogP contribution in [0.15, 0.2) is 0 Å². The van der Waals surface area contributed by atoms with Crippen LogP contribution in [-0.2, 0) is 0 Å². The van der Waals surface area contributed by atoms with Crippen LogP contribution in [0.2, 0.25) is 0 Å². The molecule has 2 atom stereocenters. The largest absolute Gasteiger partial charge is 0.313 e. The molecule has 2 fully saturated rings. The zero-order valence-corrected chi connectivity index (χ0v) is 11.9. The Bertz CT molecular complexity index is 223. The zero-order valence-electron chi connectivity index (χ0n) is 11.9. The van der Waals surface area contributed by atoms with Crippen LogP contribution in [0.1, 0.15) is 46.5 Å². The van der Waals surface area contributed by atoms with E-state index in [0.29, 0.717) is 0 Å². The Morgan fingerprint density at radius 2 is 2.00 bits per heavy atom. The molecule has 1 saturated carbocycles. The molecule has 2 nitrogen and oxygen atoms in total. The van der Waals surface area contributed by atoms with E-state index in [0.717, 1.165) is 23.8 Å². The first-order valence-electron chi connectivity index (χ1n) is 7.64.